The van der Waals surface area contributed by atoms with E-state index in [4.69, 9.17) is 14.6 Å². The average Bonchev–Trinajstić information content (AvgIpc) is 2.63. The molecule has 0 aliphatic carbocycles. The highest BCUT2D eigenvalue weighted by atomic mass is 16.6. The summed E-state index contributed by atoms with van der Waals surface area (Å²) in [6, 6.07) is 6.14. The number of fused-ring (bicyclic) bond motifs is 1. The molecule has 0 amide bonds. The Morgan fingerprint density at radius 3 is 2.38 bits per heavy atom. The maximum absolute atomic E-state index is 11.4. The molecule has 154 valence electrons. The van der Waals surface area contributed by atoms with Crippen LogP contribution in [0.5, 0.6) is 28.7 Å². The van der Waals surface area contributed by atoms with Gasteiger partial charge in [0, 0.05) is 24.1 Å². The summed E-state index contributed by atoms with van der Waals surface area (Å²) in [5, 5.41) is 57.4. The lowest BCUT2D eigenvalue weighted by atomic mass is 9.93. The first kappa shape index (κ1) is 20.1. The maximum atomic E-state index is 11.4. The zero-order valence-corrected chi connectivity index (χ0v) is 14.8. The molecule has 0 radical (unpaired) electrons. The predicted molar refractivity (Wildman–Crippen MR) is 95.2 cm³/mol. The molecule has 10 heteroatoms. The number of rotatable bonds is 6. The maximum Gasteiger partial charge on any atom is 0.333 e. The highest BCUT2D eigenvalue weighted by Crippen LogP contribution is 2.44. The summed E-state index contributed by atoms with van der Waals surface area (Å²) >= 11 is 0. The lowest BCUT2D eigenvalue weighted by Crippen LogP contribution is -2.39. The number of benzene rings is 2. The lowest BCUT2D eigenvalue weighted by Gasteiger charge is -2.35. The summed E-state index contributed by atoms with van der Waals surface area (Å²) in [4.78, 5) is 22.4. The zero-order valence-electron chi connectivity index (χ0n) is 14.8. The highest BCUT2D eigenvalue weighted by molar-refractivity contribution is 5.79. The third kappa shape index (κ3) is 4.27. The van der Waals surface area contributed by atoms with Crippen molar-refractivity contribution in [1.82, 2.24) is 0 Å². The molecule has 0 aromatic heterocycles. The van der Waals surface area contributed by atoms with E-state index < -0.39 is 42.4 Å². The van der Waals surface area contributed by atoms with Crippen molar-refractivity contribution >= 4 is 11.9 Å². The van der Waals surface area contributed by atoms with Crippen LogP contribution in [0, 0.1) is 0 Å². The Morgan fingerprint density at radius 2 is 1.76 bits per heavy atom. The largest absolute Gasteiger partial charge is 0.508 e. The first-order chi connectivity index (χ1) is 13.7. The third-order valence-corrected chi connectivity index (χ3v) is 4.47. The van der Waals surface area contributed by atoms with E-state index in [2.05, 4.69) is 0 Å². The van der Waals surface area contributed by atoms with Crippen LogP contribution in [0.1, 0.15) is 23.7 Å². The Kier molecular flexibility index (Phi) is 5.37. The number of carboxylic acid groups (broad SMARTS) is 2. The molecule has 3 rings (SSSR count). The van der Waals surface area contributed by atoms with E-state index in [0.29, 0.717) is 5.56 Å². The molecular weight excluding hydrogens is 388 g/mol. The number of aromatic hydroxyl groups is 4. The molecule has 2 aromatic rings. The van der Waals surface area contributed by atoms with Gasteiger partial charge in [-0.2, -0.15) is 0 Å². The summed E-state index contributed by atoms with van der Waals surface area (Å²) in [6.45, 7) is 0. The van der Waals surface area contributed by atoms with Crippen LogP contribution in [0.25, 0.3) is 0 Å². The van der Waals surface area contributed by atoms with E-state index in [0.717, 1.165) is 6.07 Å². The van der Waals surface area contributed by atoms with E-state index >= 15 is 0 Å². The molecule has 1 aliphatic heterocycles. The molecule has 0 saturated carbocycles. The SMILES string of the molecule is O=C(O)CC(O[C@@H]1Cc2c(O)cc(O)cc2O[C@@H]1c1ccc(O)c(O)c1)C(=O)O. The number of phenolic OH excluding ortho intramolecular Hbond substituents is 4. The van der Waals surface area contributed by atoms with E-state index in [9.17, 15) is 35.1 Å². The van der Waals surface area contributed by atoms with Gasteiger partial charge in [0.15, 0.2) is 23.7 Å². The summed E-state index contributed by atoms with van der Waals surface area (Å²) in [5.41, 5.74) is 0.546. The molecule has 1 heterocycles. The number of hydrogen-bond acceptors (Lipinski definition) is 8. The molecular formula is C19H18O10. The summed E-state index contributed by atoms with van der Waals surface area (Å²) in [5.74, 6) is -4.14. The smallest absolute Gasteiger partial charge is 0.333 e. The number of carbonyl (C=O) groups is 2. The van der Waals surface area contributed by atoms with Gasteiger partial charge in [0.25, 0.3) is 0 Å². The normalized spacial score (nSPS) is 19.0. The lowest BCUT2D eigenvalue weighted by molar-refractivity contribution is -0.165. The van der Waals surface area contributed by atoms with Crippen LogP contribution >= 0.6 is 0 Å². The van der Waals surface area contributed by atoms with Crippen molar-refractivity contribution in [1.29, 1.82) is 0 Å². The van der Waals surface area contributed by atoms with E-state index in [1.807, 2.05) is 0 Å². The molecule has 0 spiro atoms. The van der Waals surface area contributed by atoms with Crippen molar-refractivity contribution < 1.29 is 49.7 Å². The first-order valence-electron chi connectivity index (χ1n) is 8.49. The van der Waals surface area contributed by atoms with E-state index in [-0.39, 0.29) is 35.0 Å². The Balaban J connectivity index is 2.01. The second kappa shape index (κ2) is 7.76. The van der Waals surface area contributed by atoms with Crippen LogP contribution in [0.15, 0.2) is 30.3 Å². The monoisotopic (exact) mass is 406 g/mol. The fourth-order valence-electron chi connectivity index (χ4n) is 3.13. The van der Waals surface area contributed by atoms with Gasteiger partial charge in [0.1, 0.15) is 23.4 Å². The van der Waals surface area contributed by atoms with Crippen LogP contribution in [0.2, 0.25) is 0 Å². The molecule has 10 nitrogen and oxygen atoms in total. The van der Waals surface area contributed by atoms with Crippen LogP contribution in [0.4, 0.5) is 0 Å². The predicted octanol–water partition coefficient (Wildman–Crippen LogP) is 1.50. The number of ether oxygens (including phenoxy) is 2. The molecule has 0 bridgehead atoms. The number of hydrogen-bond donors (Lipinski definition) is 6. The second-order valence-corrected chi connectivity index (χ2v) is 6.53. The number of carboxylic acids is 2. The average molecular weight is 406 g/mol. The standard InChI is InChI=1S/C19H18O10/c20-9-4-12(22)10-6-15(28-16(19(26)27)7-17(24)25)18(29-14(10)5-9)8-1-2-11(21)13(23)3-8/h1-5,15-16,18,20-23H,6-7H2,(H,24,25)(H,26,27)/t15-,16?,18-/m1/s1. The molecule has 3 atom stereocenters. The number of aliphatic carboxylic acids is 2. The van der Waals surface area contributed by atoms with E-state index in [1.54, 1.807) is 0 Å². The van der Waals surface area contributed by atoms with Gasteiger partial charge in [-0.15, -0.1) is 0 Å². The zero-order chi connectivity index (χ0) is 21.3. The van der Waals surface area contributed by atoms with Crippen LogP contribution in [0.3, 0.4) is 0 Å². The fourth-order valence-corrected chi connectivity index (χ4v) is 3.13. The topological polar surface area (TPSA) is 174 Å². The molecule has 0 saturated heterocycles. The van der Waals surface area contributed by atoms with Gasteiger partial charge in [0.05, 0.1) is 6.42 Å². The summed E-state index contributed by atoms with van der Waals surface area (Å²) < 4.78 is 11.3. The third-order valence-electron chi connectivity index (χ3n) is 4.47. The van der Waals surface area contributed by atoms with Crippen molar-refractivity contribution in [3.8, 4) is 28.7 Å². The van der Waals surface area contributed by atoms with Crippen LogP contribution < -0.4 is 4.74 Å². The molecule has 6 N–H and O–H groups in total. The second-order valence-electron chi connectivity index (χ2n) is 6.53. The quantitative estimate of drug-likeness (QED) is 0.386. The van der Waals surface area contributed by atoms with Crippen molar-refractivity contribution in [3.05, 3.63) is 41.5 Å². The van der Waals surface area contributed by atoms with Crippen molar-refractivity contribution in [2.75, 3.05) is 0 Å². The van der Waals surface area contributed by atoms with E-state index in [1.165, 1.54) is 24.3 Å². The van der Waals surface area contributed by atoms with Crippen LogP contribution in [-0.2, 0) is 20.7 Å². The molecule has 2 aromatic carbocycles. The first-order valence-corrected chi connectivity index (χ1v) is 8.49. The van der Waals surface area contributed by atoms with Gasteiger partial charge in [-0.1, -0.05) is 6.07 Å². The minimum absolute atomic E-state index is 0.0584. The van der Waals surface area contributed by atoms with Gasteiger partial charge in [-0.25, -0.2) is 4.79 Å². The summed E-state index contributed by atoms with van der Waals surface area (Å²) in [6.07, 6.45) is -4.62. The minimum atomic E-state index is -1.69. The Morgan fingerprint density at radius 1 is 1.03 bits per heavy atom. The Bertz CT molecular complexity index is 954. The minimum Gasteiger partial charge on any atom is -0.508 e. The molecule has 1 unspecified atom stereocenters. The van der Waals surface area contributed by atoms with Gasteiger partial charge in [0.2, 0.25) is 0 Å². The molecule has 0 fully saturated rings. The molecule has 1 aliphatic rings. The van der Waals surface area contributed by atoms with Gasteiger partial charge in [-0.05, 0) is 17.7 Å². The highest BCUT2D eigenvalue weighted by Gasteiger charge is 2.38. The fraction of sp³-hybridized carbons (Fsp3) is 0.263. The number of phenols is 4. The van der Waals surface area contributed by atoms with Gasteiger partial charge in [-0.3, -0.25) is 4.79 Å². The van der Waals surface area contributed by atoms with Crippen molar-refractivity contribution in [3.63, 3.8) is 0 Å². The molecule has 29 heavy (non-hydrogen) atoms. The van der Waals surface area contributed by atoms with Gasteiger partial charge < -0.3 is 40.1 Å². The summed E-state index contributed by atoms with van der Waals surface area (Å²) in [7, 11) is 0. The van der Waals surface area contributed by atoms with Crippen molar-refractivity contribution in [2.45, 2.75) is 31.2 Å². The Labute approximate surface area is 163 Å². The van der Waals surface area contributed by atoms with Crippen LogP contribution in [-0.4, -0.2) is 54.8 Å². The Hall–Kier alpha value is -3.66. The van der Waals surface area contributed by atoms with Crippen molar-refractivity contribution in [2.24, 2.45) is 0 Å². The van der Waals surface area contributed by atoms with Gasteiger partial charge >= 0.3 is 11.9 Å².